The number of halogens is 2. The number of nitrogens with two attached hydrogens (primary N) is 1. The van der Waals surface area contributed by atoms with Crippen LogP contribution in [0.5, 0.6) is 0 Å². The molecule has 0 atom stereocenters. The molecule has 0 saturated heterocycles. The van der Waals surface area contributed by atoms with Crippen LogP contribution in [0.1, 0.15) is 0 Å². The fourth-order valence-corrected chi connectivity index (χ4v) is 1.61. The third-order valence-electron chi connectivity index (χ3n) is 1.21. The molecule has 3 N–H and O–H groups in total. The van der Waals surface area contributed by atoms with Gasteiger partial charge in [-0.1, -0.05) is 11.6 Å². The largest absolute Gasteiger partial charge is 0.395 e. The van der Waals surface area contributed by atoms with Crippen LogP contribution in [0.2, 0.25) is 5.02 Å². The van der Waals surface area contributed by atoms with Crippen molar-refractivity contribution in [3.63, 3.8) is 0 Å². The molecule has 0 aliphatic carbocycles. The van der Waals surface area contributed by atoms with Crippen molar-refractivity contribution in [1.82, 2.24) is 4.98 Å². The molecular weight excluding hydrogens is 276 g/mol. The number of anilines is 2. The Morgan fingerprint density at radius 2 is 2.36 bits per heavy atom. The topological polar surface area (TPSA) is 50.9 Å². The van der Waals surface area contributed by atoms with E-state index in [4.69, 9.17) is 17.3 Å². The summed E-state index contributed by atoms with van der Waals surface area (Å²) in [4.78, 5) is 4.12. The molecule has 0 amide bonds. The van der Waals surface area contributed by atoms with Crippen LogP contribution < -0.4 is 11.1 Å². The number of aromatic nitrogens is 1. The highest BCUT2D eigenvalue weighted by Crippen LogP contribution is 2.26. The molecule has 0 radical (unpaired) electrons. The van der Waals surface area contributed by atoms with Crippen LogP contribution in [-0.2, 0) is 0 Å². The minimum atomic E-state index is 0.495. The first kappa shape index (κ1) is 8.86. The molecular formula is C6H7ClIN3. The molecule has 1 heterocycles. The molecule has 1 aromatic heterocycles. The highest BCUT2D eigenvalue weighted by atomic mass is 127. The molecule has 11 heavy (non-hydrogen) atoms. The van der Waals surface area contributed by atoms with E-state index in [1.54, 1.807) is 13.1 Å². The normalized spacial score (nSPS) is 9.73. The van der Waals surface area contributed by atoms with Crippen molar-refractivity contribution < 1.29 is 0 Å². The molecule has 0 aliphatic heterocycles. The fourth-order valence-electron chi connectivity index (χ4n) is 0.685. The molecule has 0 aromatic carbocycles. The van der Waals surface area contributed by atoms with Gasteiger partial charge in [-0.2, -0.15) is 0 Å². The lowest BCUT2D eigenvalue weighted by atomic mass is 10.4. The summed E-state index contributed by atoms with van der Waals surface area (Å²) in [5.74, 6) is 0.627. The van der Waals surface area contributed by atoms with Gasteiger partial charge in [-0.3, -0.25) is 0 Å². The number of nitrogen functional groups attached to an aromatic ring is 1. The zero-order chi connectivity index (χ0) is 8.43. The Bertz CT molecular complexity index is 277. The van der Waals surface area contributed by atoms with Gasteiger partial charge in [-0.05, 0) is 28.7 Å². The van der Waals surface area contributed by atoms with Gasteiger partial charge in [0.15, 0.2) is 5.82 Å². The predicted octanol–water partition coefficient (Wildman–Crippen LogP) is 1.96. The van der Waals surface area contributed by atoms with E-state index in [2.05, 4.69) is 32.9 Å². The summed E-state index contributed by atoms with van der Waals surface area (Å²) < 4.78 is 0.825. The number of hydrogen-bond donors (Lipinski definition) is 2. The number of rotatable bonds is 1. The first-order chi connectivity index (χ1) is 5.15. The van der Waals surface area contributed by atoms with Crippen molar-refractivity contribution in [1.29, 1.82) is 0 Å². The van der Waals surface area contributed by atoms with Crippen LogP contribution in [-0.4, -0.2) is 12.0 Å². The van der Waals surface area contributed by atoms with Gasteiger partial charge in [0.1, 0.15) is 3.70 Å². The summed E-state index contributed by atoms with van der Waals surface area (Å²) in [6.45, 7) is 0. The maximum absolute atomic E-state index is 5.79. The highest BCUT2D eigenvalue weighted by molar-refractivity contribution is 14.1. The van der Waals surface area contributed by atoms with Gasteiger partial charge in [-0.15, -0.1) is 0 Å². The summed E-state index contributed by atoms with van der Waals surface area (Å²) in [6.07, 6.45) is 0. The third kappa shape index (κ3) is 1.87. The van der Waals surface area contributed by atoms with Crippen LogP contribution in [0.25, 0.3) is 0 Å². The van der Waals surface area contributed by atoms with E-state index in [1.165, 1.54) is 0 Å². The maximum Gasteiger partial charge on any atom is 0.151 e. The van der Waals surface area contributed by atoms with Gasteiger partial charge in [-0.25, -0.2) is 4.98 Å². The standard InChI is InChI=1S/C6H7ClIN3/c1-10-6-5(9)3(7)2-4(8)11-6/h2H,9H2,1H3,(H,10,11). The summed E-state index contributed by atoms with van der Waals surface area (Å²) in [5.41, 5.74) is 6.10. The second-order valence-electron chi connectivity index (χ2n) is 1.94. The van der Waals surface area contributed by atoms with Gasteiger partial charge in [0.25, 0.3) is 0 Å². The van der Waals surface area contributed by atoms with Crippen LogP contribution in [0.15, 0.2) is 6.07 Å². The molecule has 1 rings (SSSR count). The molecule has 0 aliphatic rings. The van der Waals surface area contributed by atoms with E-state index >= 15 is 0 Å². The Labute approximate surface area is 83.5 Å². The smallest absolute Gasteiger partial charge is 0.151 e. The fraction of sp³-hybridized carbons (Fsp3) is 0.167. The zero-order valence-corrected chi connectivity index (χ0v) is 8.77. The third-order valence-corrected chi connectivity index (χ3v) is 2.08. The Morgan fingerprint density at radius 1 is 1.73 bits per heavy atom. The zero-order valence-electron chi connectivity index (χ0n) is 5.86. The highest BCUT2D eigenvalue weighted by Gasteiger charge is 2.04. The average Bonchev–Trinajstić information content (AvgIpc) is 1.96. The van der Waals surface area contributed by atoms with E-state index < -0.39 is 0 Å². The lowest BCUT2D eigenvalue weighted by Crippen LogP contribution is -2.00. The summed E-state index contributed by atoms with van der Waals surface area (Å²) in [5, 5.41) is 3.39. The molecule has 1 aromatic rings. The first-order valence-corrected chi connectivity index (χ1v) is 4.40. The molecule has 0 unspecified atom stereocenters. The Kier molecular flexibility index (Phi) is 2.78. The number of nitrogens with zero attached hydrogens (tertiary/aromatic N) is 1. The molecule has 0 spiro atoms. The number of nitrogens with one attached hydrogen (secondary N) is 1. The van der Waals surface area contributed by atoms with Gasteiger partial charge in [0, 0.05) is 7.05 Å². The van der Waals surface area contributed by atoms with Gasteiger partial charge in [0.05, 0.1) is 10.7 Å². The first-order valence-electron chi connectivity index (χ1n) is 2.94. The van der Waals surface area contributed by atoms with Crippen molar-refractivity contribution >= 4 is 45.7 Å². The quantitative estimate of drug-likeness (QED) is 0.612. The van der Waals surface area contributed by atoms with Crippen LogP contribution in [0.3, 0.4) is 0 Å². The van der Waals surface area contributed by atoms with Crippen LogP contribution >= 0.6 is 34.2 Å². The Morgan fingerprint density at radius 3 is 2.91 bits per heavy atom. The van der Waals surface area contributed by atoms with E-state index in [0.29, 0.717) is 16.5 Å². The van der Waals surface area contributed by atoms with E-state index in [9.17, 15) is 0 Å². The van der Waals surface area contributed by atoms with Crippen molar-refractivity contribution in [2.75, 3.05) is 18.1 Å². The Hall–Kier alpha value is -0.230. The SMILES string of the molecule is CNc1nc(I)cc(Cl)c1N. The average molecular weight is 284 g/mol. The number of hydrogen-bond acceptors (Lipinski definition) is 3. The molecule has 0 fully saturated rings. The minimum Gasteiger partial charge on any atom is -0.395 e. The molecule has 0 saturated carbocycles. The van der Waals surface area contributed by atoms with Gasteiger partial charge < -0.3 is 11.1 Å². The van der Waals surface area contributed by atoms with Crippen LogP contribution in [0, 0.1) is 3.70 Å². The Balaban J connectivity index is 3.24. The maximum atomic E-state index is 5.79. The van der Waals surface area contributed by atoms with Crippen molar-refractivity contribution in [3.05, 3.63) is 14.8 Å². The van der Waals surface area contributed by atoms with Crippen molar-refractivity contribution in [2.45, 2.75) is 0 Å². The number of pyridine rings is 1. The van der Waals surface area contributed by atoms with Crippen LogP contribution in [0.4, 0.5) is 11.5 Å². The van der Waals surface area contributed by atoms with Gasteiger partial charge >= 0.3 is 0 Å². The molecule has 0 bridgehead atoms. The van der Waals surface area contributed by atoms with E-state index in [0.717, 1.165) is 3.70 Å². The summed E-state index contributed by atoms with van der Waals surface area (Å²) >= 11 is 7.87. The van der Waals surface area contributed by atoms with E-state index in [-0.39, 0.29) is 0 Å². The second kappa shape index (κ2) is 3.44. The van der Waals surface area contributed by atoms with Gasteiger partial charge in [0.2, 0.25) is 0 Å². The molecule has 3 nitrogen and oxygen atoms in total. The summed E-state index contributed by atoms with van der Waals surface area (Å²) in [7, 11) is 1.76. The monoisotopic (exact) mass is 283 g/mol. The molecule has 5 heteroatoms. The second-order valence-corrected chi connectivity index (χ2v) is 3.45. The minimum absolute atomic E-state index is 0.495. The van der Waals surface area contributed by atoms with Crippen molar-refractivity contribution in [3.8, 4) is 0 Å². The lowest BCUT2D eigenvalue weighted by Gasteiger charge is -2.05. The predicted molar refractivity (Wildman–Crippen MR) is 55.9 cm³/mol. The summed E-state index contributed by atoms with van der Waals surface area (Å²) in [6, 6.07) is 1.72. The molecule has 60 valence electrons. The van der Waals surface area contributed by atoms with Crippen molar-refractivity contribution in [2.24, 2.45) is 0 Å². The van der Waals surface area contributed by atoms with E-state index in [1.807, 2.05) is 0 Å². The lowest BCUT2D eigenvalue weighted by molar-refractivity contribution is 1.25.